The van der Waals surface area contributed by atoms with E-state index in [1.54, 1.807) is 0 Å². The van der Waals surface area contributed by atoms with Gasteiger partial charge in [0, 0.05) is 11.8 Å². The number of esters is 3. The monoisotopic (exact) mass is 429 g/mol. The van der Waals surface area contributed by atoms with Crippen molar-refractivity contribution in [2.24, 2.45) is 17.8 Å². The van der Waals surface area contributed by atoms with Crippen LogP contribution >= 0.6 is 0 Å². The van der Waals surface area contributed by atoms with Gasteiger partial charge in [-0.25, -0.2) is 8.42 Å². The fraction of sp³-hybridized carbons (Fsp3) is 0.800. The molecule has 6 atom stereocenters. The highest BCUT2D eigenvalue weighted by Gasteiger charge is 2.63. The second-order valence-corrected chi connectivity index (χ2v) is 8.62. The fourth-order valence-corrected chi connectivity index (χ4v) is 4.62. The molecule has 1 saturated heterocycles. The minimum Gasteiger partial charge on any atom is -0.747 e. The van der Waals surface area contributed by atoms with Crippen LogP contribution in [0.2, 0.25) is 0 Å². The fourth-order valence-electron chi connectivity index (χ4n) is 4.06. The van der Waals surface area contributed by atoms with Gasteiger partial charge in [0.2, 0.25) is 0 Å². The quantitative estimate of drug-likeness (QED) is 0.317. The molecule has 0 amide bonds. The molecule has 9 nitrogen and oxygen atoms in total. The number of hydrogen-bond donors (Lipinski definition) is 0. The van der Waals surface area contributed by atoms with Crippen molar-refractivity contribution >= 4 is 28.0 Å². The molecule has 2 aliphatic carbocycles. The molecule has 158 valence electrons. The molecule has 28 heavy (non-hydrogen) atoms. The lowest BCUT2D eigenvalue weighted by Crippen LogP contribution is -2.41. The summed E-state index contributed by atoms with van der Waals surface area (Å²) < 4.78 is 84.0. The summed E-state index contributed by atoms with van der Waals surface area (Å²) in [6.45, 7) is -1.69. The standard InChI is InChI=1S/C15H17F3O9S/c16-15(17,18)9(28(22,23)24)5-25-10(19)1-2-11(20)26-12-6-3-7-8(4-6)14(21)27-13(7)12/h6-9,12-13H,1-5H2,(H,22,23,24)/p-1. The Hall–Kier alpha value is -1.89. The Bertz CT molecular complexity index is 778. The molecule has 0 spiro atoms. The number of alkyl halides is 3. The van der Waals surface area contributed by atoms with Gasteiger partial charge in [0.05, 0.1) is 18.8 Å². The second kappa shape index (κ2) is 7.17. The van der Waals surface area contributed by atoms with Gasteiger partial charge in [-0.2, -0.15) is 13.2 Å². The van der Waals surface area contributed by atoms with Gasteiger partial charge < -0.3 is 18.8 Å². The van der Waals surface area contributed by atoms with Crippen LogP contribution in [0.25, 0.3) is 0 Å². The van der Waals surface area contributed by atoms with E-state index in [1.807, 2.05) is 0 Å². The van der Waals surface area contributed by atoms with Gasteiger partial charge in [-0.15, -0.1) is 0 Å². The number of carbonyl (C=O) groups excluding carboxylic acids is 3. The largest absolute Gasteiger partial charge is 0.747 e. The second-order valence-electron chi connectivity index (χ2n) is 7.06. The maximum absolute atomic E-state index is 12.5. The summed E-state index contributed by atoms with van der Waals surface area (Å²) >= 11 is 0. The molecular weight excluding hydrogens is 413 g/mol. The number of ether oxygens (including phenoxy) is 3. The molecular formula is C15H16F3O9S-. The highest BCUT2D eigenvalue weighted by atomic mass is 32.2. The van der Waals surface area contributed by atoms with E-state index in [0.29, 0.717) is 12.8 Å². The number of rotatable bonds is 7. The lowest BCUT2D eigenvalue weighted by molar-refractivity contribution is -0.165. The maximum Gasteiger partial charge on any atom is 0.407 e. The summed E-state index contributed by atoms with van der Waals surface area (Å²) in [5.74, 6) is -2.59. The van der Waals surface area contributed by atoms with Crippen molar-refractivity contribution in [3.63, 3.8) is 0 Å². The molecule has 0 aromatic heterocycles. The molecule has 3 aliphatic rings. The third-order valence-corrected chi connectivity index (χ3v) is 6.42. The van der Waals surface area contributed by atoms with E-state index in [1.165, 1.54) is 0 Å². The summed E-state index contributed by atoms with van der Waals surface area (Å²) in [5.41, 5.74) is 0. The zero-order valence-electron chi connectivity index (χ0n) is 14.2. The van der Waals surface area contributed by atoms with Crippen molar-refractivity contribution < 1.29 is 54.7 Å². The number of hydrogen-bond acceptors (Lipinski definition) is 9. The average Bonchev–Trinajstić information content (AvgIpc) is 3.15. The average molecular weight is 429 g/mol. The Balaban J connectivity index is 1.44. The predicted molar refractivity (Wildman–Crippen MR) is 79.2 cm³/mol. The van der Waals surface area contributed by atoms with E-state index >= 15 is 0 Å². The van der Waals surface area contributed by atoms with Gasteiger partial charge in [0.25, 0.3) is 0 Å². The van der Waals surface area contributed by atoms with E-state index in [-0.39, 0.29) is 23.7 Å². The molecule has 0 radical (unpaired) electrons. The van der Waals surface area contributed by atoms with E-state index in [9.17, 15) is 40.5 Å². The normalized spacial score (nSPS) is 32.1. The Morgan fingerprint density at radius 1 is 1.21 bits per heavy atom. The summed E-state index contributed by atoms with van der Waals surface area (Å²) in [4.78, 5) is 35.0. The van der Waals surface area contributed by atoms with E-state index in [2.05, 4.69) is 4.74 Å². The van der Waals surface area contributed by atoms with Crippen LogP contribution in [0.3, 0.4) is 0 Å². The zero-order valence-corrected chi connectivity index (χ0v) is 15.0. The van der Waals surface area contributed by atoms with Gasteiger partial charge in [0.15, 0.2) is 5.25 Å². The summed E-state index contributed by atoms with van der Waals surface area (Å²) in [5, 5.41) is -3.38. The topological polar surface area (TPSA) is 136 Å². The van der Waals surface area contributed by atoms with Crippen LogP contribution in [-0.2, 0) is 38.7 Å². The Morgan fingerprint density at radius 2 is 1.86 bits per heavy atom. The number of carbonyl (C=O) groups is 3. The summed E-state index contributed by atoms with van der Waals surface area (Å²) in [6, 6.07) is 0. The van der Waals surface area contributed by atoms with Crippen LogP contribution in [0.4, 0.5) is 13.2 Å². The minimum atomic E-state index is -5.77. The lowest BCUT2D eigenvalue weighted by Gasteiger charge is -2.25. The van der Waals surface area contributed by atoms with Crippen molar-refractivity contribution in [2.75, 3.05) is 6.61 Å². The third-order valence-electron chi connectivity index (χ3n) is 5.32. The highest BCUT2D eigenvalue weighted by molar-refractivity contribution is 7.86. The third kappa shape index (κ3) is 4.09. The molecule has 0 N–H and O–H groups in total. The molecule has 0 aromatic carbocycles. The molecule has 6 unspecified atom stereocenters. The first-order valence-corrected chi connectivity index (χ1v) is 9.92. The predicted octanol–water partition coefficient (Wildman–Crippen LogP) is 0.279. The van der Waals surface area contributed by atoms with Gasteiger partial charge >= 0.3 is 24.1 Å². The van der Waals surface area contributed by atoms with Crippen molar-refractivity contribution in [1.29, 1.82) is 0 Å². The van der Waals surface area contributed by atoms with Crippen molar-refractivity contribution in [3.8, 4) is 0 Å². The minimum absolute atomic E-state index is 0.00797. The van der Waals surface area contributed by atoms with Crippen molar-refractivity contribution in [2.45, 2.75) is 49.3 Å². The van der Waals surface area contributed by atoms with Gasteiger partial charge in [-0.3, -0.25) is 14.4 Å². The Morgan fingerprint density at radius 3 is 2.46 bits per heavy atom. The SMILES string of the molecule is O=C(CCC(=O)OC1C2CC3C(=O)OC1C3C2)OCC(C(F)(F)F)S(=O)(=O)[O-]. The maximum atomic E-state index is 12.5. The number of halogens is 3. The molecule has 0 aromatic rings. The molecule has 13 heteroatoms. The van der Waals surface area contributed by atoms with E-state index in [4.69, 9.17) is 9.47 Å². The summed E-state index contributed by atoms with van der Waals surface area (Å²) in [6.07, 6.45) is -6.43. The van der Waals surface area contributed by atoms with Crippen LogP contribution in [0.5, 0.6) is 0 Å². The zero-order chi connectivity index (χ0) is 20.9. The lowest BCUT2D eigenvalue weighted by atomic mass is 9.88. The molecule has 1 heterocycles. The molecule has 2 bridgehead atoms. The van der Waals surface area contributed by atoms with Gasteiger partial charge in [-0.1, -0.05) is 0 Å². The van der Waals surface area contributed by atoms with Crippen molar-refractivity contribution in [3.05, 3.63) is 0 Å². The van der Waals surface area contributed by atoms with Crippen LogP contribution in [0.1, 0.15) is 25.7 Å². The van der Waals surface area contributed by atoms with Crippen LogP contribution < -0.4 is 0 Å². The first kappa shape index (κ1) is 20.8. The summed E-state index contributed by atoms with van der Waals surface area (Å²) in [7, 11) is -5.77. The Labute approximate surface area is 157 Å². The molecule has 3 fully saturated rings. The van der Waals surface area contributed by atoms with E-state index in [0.717, 1.165) is 0 Å². The molecule has 3 rings (SSSR count). The highest BCUT2D eigenvalue weighted by Crippen LogP contribution is 2.55. The van der Waals surface area contributed by atoms with Crippen molar-refractivity contribution in [1.82, 2.24) is 0 Å². The van der Waals surface area contributed by atoms with Gasteiger partial charge in [0.1, 0.15) is 28.9 Å². The van der Waals surface area contributed by atoms with Crippen LogP contribution in [0, 0.1) is 17.8 Å². The molecule has 2 saturated carbocycles. The molecule has 1 aliphatic heterocycles. The first-order valence-electron chi connectivity index (χ1n) is 8.45. The first-order chi connectivity index (χ1) is 12.9. The number of fused-ring (bicyclic) bond motifs is 1. The van der Waals surface area contributed by atoms with Crippen LogP contribution in [0.15, 0.2) is 0 Å². The smallest absolute Gasteiger partial charge is 0.407 e. The Kier molecular flexibility index (Phi) is 5.34. The van der Waals surface area contributed by atoms with Gasteiger partial charge in [-0.05, 0) is 12.8 Å². The van der Waals surface area contributed by atoms with E-state index < -0.39 is 65.1 Å². The van der Waals surface area contributed by atoms with Crippen LogP contribution in [-0.4, -0.2) is 61.1 Å².